The van der Waals surface area contributed by atoms with Gasteiger partial charge in [0.2, 0.25) is 5.91 Å². The fraction of sp³-hybridized carbons (Fsp3) is 0.650. The van der Waals surface area contributed by atoms with Crippen molar-refractivity contribution in [2.24, 2.45) is 29.6 Å². The number of hydrogen-bond acceptors (Lipinski definition) is 10. The lowest BCUT2D eigenvalue weighted by Gasteiger charge is -2.41. The number of ketones is 1. The van der Waals surface area contributed by atoms with E-state index in [2.05, 4.69) is 15.2 Å². The minimum atomic E-state index is -0.798. The molecule has 6 atom stereocenters. The van der Waals surface area contributed by atoms with Crippen LogP contribution in [0.3, 0.4) is 0 Å². The number of esters is 2. The van der Waals surface area contributed by atoms with Crippen LogP contribution in [0.15, 0.2) is 35.7 Å². The van der Waals surface area contributed by atoms with Crippen LogP contribution in [-0.4, -0.2) is 89.7 Å². The molecule has 0 unspecified atom stereocenters. The number of likely N-dealkylation sites (N-methyl/N-ethyl adjacent to an activating group) is 1. The molecule has 5 rings (SSSR count). The summed E-state index contributed by atoms with van der Waals surface area (Å²) in [5.41, 5.74) is 0.763. The monoisotopic (exact) mass is 738 g/mol. The molecule has 1 aromatic heterocycles. The van der Waals surface area contributed by atoms with Crippen LogP contribution in [0.2, 0.25) is 0 Å². The van der Waals surface area contributed by atoms with Crippen molar-refractivity contribution in [1.82, 2.24) is 20.1 Å². The molecule has 2 bridgehead atoms. The minimum absolute atomic E-state index is 0.00878. The van der Waals surface area contributed by atoms with Crippen LogP contribution in [-0.2, 0) is 35.1 Å². The fourth-order valence-electron chi connectivity index (χ4n) is 8.08. The van der Waals surface area contributed by atoms with Crippen LogP contribution in [0.25, 0.3) is 0 Å². The lowest BCUT2D eigenvalue weighted by atomic mass is 9.68. The van der Waals surface area contributed by atoms with Gasteiger partial charge in [-0.15, -0.1) is 11.3 Å². The van der Waals surface area contributed by atoms with Gasteiger partial charge >= 0.3 is 11.9 Å². The van der Waals surface area contributed by atoms with Gasteiger partial charge in [0.25, 0.3) is 5.91 Å². The van der Waals surface area contributed by atoms with E-state index in [1.807, 2.05) is 65.1 Å². The number of fused-ring (bicyclic) bond motifs is 1. The van der Waals surface area contributed by atoms with Crippen molar-refractivity contribution in [3.8, 4) is 0 Å². The number of hydrogen-bond donors (Lipinski definition) is 1. The van der Waals surface area contributed by atoms with Crippen molar-refractivity contribution in [3.05, 3.63) is 52.0 Å². The molecule has 1 aliphatic carbocycles. The third-order valence-corrected chi connectivity index (χ3v) is 12.3. The summed E-state index contributed by atoms with van der Waals surface area (Å²) >= 11 is 1.22. The molecule has 52 heavy (non-hydrogen) atoms. The Morgan fingerprint density at radius 3 is 2.31 bits per heavy atom. The van der Waals surface area contributed by atoms with Crippen LogP contribution < -0.4 is 5.32 Å². The molecule has 3 fully saturated rings. The number of amides is 2. The third kappa shape index (κ3) is 9.66. The topological polar surface area (TPSA) is 135 Å². The van der Waals surface area contributed by atoms with Gasteiger partial charge in [0, 0.05) is 56.7 Å². The third-order valence-electron chi connectivity index (χ3n) is 11.4. The summed E-state index contributed by atoms with van der Waals surface area (Å²) in [5, 5.41) is 5.14. The fourth-order valence-corrected chi connectivity index (χ4v) is 8.92. The Morgan fingerprint density at radius 1 is 1.08 bits per heavy atom. The Morgan fingerprint density at radius 2 is 1.75 bits per heavy atom. The molecule has 1 saturated carbocycles. The number of Topliss-reactive ketones (excluding diaryl/α,β-unsaturated/α-hetero) is 1. The zero-order valence-corrected chi connectivity index (χ0v) is 33.2. The van der Waals surface area contributed by atoms with Gasteiger partial charge in [-0.05, 0) is 56.0 Å². The first kappa shape index (κ1) is 41.1. The molecule has 0 radical (unpaired) electrons. The van der Waals surface area contributed by atoms with Gasteiger partial charge in [0.15, 0.2) is 11.9 Å². The second-order valence-corrected chi connectivity index (χ2v) is 16.4. The van der Waals surface area contributed by atoms with Gasteiger partial charge in [-0.1, -0.05) is 71.4 Å². The van der Waals surface area contributed by atoms with E-state index in [1.54, 1.807) is 24.3 Å². The van der Waals surface area contributed by atoms with Crippen molar-refractivity contribution < 1.29 is 33.4 Å². The number of thiazole rings is 1. The van der Waals surface area contributed by atoms with Gasteiger partial charge in [-0.2, -0.15) is 0 Å². The van der Waals surface area contributed by atoms with Crippen molar-refractivity contribution >= 4 is 40.9 Å². The summed E-state index contributed by atoms with van der Waals surface area (Å²) in [4.78, 5) is 74.8. The molecule has 3 heterocycles. The number of nitrogens with one attached hydrogen (secondary N) is 1. The highest BCUT2D eigenvalue weighted by Crippen LogP contribution is 2.51. The van der Waals surface area contributed by atoms with Crippen molar-refractivity contribution in [2.75, 3.05) is 27.7 Å². The molecule has 0 spiro atoms. The molecule has 11 nitrogen and oxygen atoms in total. The Bertz CT molecular complexity index is 1560. The number of aromatic nitrogens is 1. The van der Waals surface area contributed by atoms with E-state index in [4.69, 9.17) is 9.47 Å². The largest absolute Gasteiger partial charge is 0.469 e. The van der Waals surface area contributed by atoms with E-state index in [1.165, 1.54) is 25.4 Å². The Kier molecular flexibility index (Phi) is 14.2. The molecule has 286 valence electrons. The predicted octanol–water partition coefficient (Wildman–Crippen LogP) is 5.88. The van der Waals surface area contributed by atoms with Crippen molar-refractivity contribution in [3.63, 3.8) is 0 Å². The smallest absolute Gasteiger partial charge is 0.308 e. The second-order valence-electron chi connectivity index (χ2n) is 15.5. The minimum Gasteiger partial charge on any atom is -0.469 e. The molecule has 2 aliphatic heterocycles. The van der Waals surface area contributed by atoms with Crippen LogP contribution >= 0.6 is 11.3 Å². The predicted molar refractivity (Wildman–Crippen MR) is 200 cm³/mol. The average Bonchev–Trinajstić information content (AvgIpc) is 3.81. The number of carbonyl (C=O) groups excluding carboxylic acids is 5. The van der Waals surface area contributed by atoms with E-state index in [9.17, 15) is 24.0 Å². The highest BCUT2D eigenvalue weighted by molar-refractivity contribution is 7.09. The van der Waals surface area contributed by atoms with Crippen LogP contribution in [0.4, 0.5) is 0 Å². The van der Waals surface area contributed by atoms with E-state index < -0.39 is 35.4 Å². The summed E-state index contributed by atoms with van der Waals surface area (Å²) in [6.07, 6.45) is 3.10. The highest BCUT2D eigenvalue weighted by atomic mass is 32.1. The summed E-state index contributed by atoms with van der Waals surface area (Å²) in [5.74, 6) is -1.49. The number of carbonyl (C=O) groups is 5. The molecule has 2 saturated heterocycles. The average molecular weight is 739 g/mol. The molecule has 1 N–H and O–H groups in total. The van der Waals surface area contributed by atoms with Crippen LogP contribution in [0.1, 0.15) is 107 Å². The normalized spacial score (nSPS) is 21.6. The maximum absolute atomic E-state index is 14.3. The number of nitrogens with zero attached hydrogens (tertiary/aromatic N) is 3. The van der Waals surface area contributed by atoms with Crippen molar-refractivity contribution in [1.29, 1.82) is 0 Å². The van der Waals surface area contributed by atoms with Gasteiger partial charge in [-0.25, -0.2) is 4.98 Å². The first-order valence-corrected chi connectivity index (χ1v) is 19.5. The Hall–Kier alpha value is -3.64. The zero-order valence-electron chi connectivity index (χ0n) is 32.3. The number of ether oxygens (including phenoxy) is 2. The van der Waals surface area contributed by atoms with E-state index >= 15 is 0 Å². The molecular formula is C40H58N4O7S. The summed E-state index contributed by atoms with van der Waals surface area (Å²) in [6.45, 7) is 12.2. The molecule has 2 aromatic rings. The van der Waals surface area contributed by atoms with Crippen LogP contribution in [0, 0.1) is 29.6 Å². The number of rotatable bonds is 19. The van der Waals surface area contributed by atoms with E-state index in [0.29, 0.717) is 23.8 Å². The van der Waals surface area contributed by atoms with E-state index in [-0.39, 0.29) is 60.1 Å². The summed E-state index contributed by atoms with van der Waals surface area (Å²) in [6, 6.07) is 9.01. The molecule has 2 amide bonds. The molecule has 12 heteroatoms. The van der Waals surface area contributed by atoms with Gasteiger partial charge in [0.05, 0.1) is 18.6 Å². The molecular weight excluding hydrogens is 681 g/mol. The first-order chi connectivity index (χ1) is 24.6. The molecule has 3 aliphatic rings. The second kappa shape index (κ2) is 17.9. The van der Waals surface area contributed by atoms with Crippen LogP contribution in [0.5, 0.6) is 0 Å². The number of methoxy groups -OCH3 is 1. The summed E-state index contributed by atoms with van der Waals surface area (Å²) < 4.78 is 10.7. The van der Waals surface area contributed by atoms with E-state index in [0.717, 1.165) is 31.4 Å². The van der Waals surface area contributed by atoms with Crippen molar-refractivity contribution in [2.45, 2.75) is 110 Å². The number of benzene rings is 1. The highest BCUT2D eigenvalue weighted by Gasteiger charge is 2.59. The lowest BCUT2D eigenvalue weighted by Crippen LogP contribution is -2.53. The van der Waals surface area contributed by atoms with Gasteiger partial charge in [0.1, 0.15) is 10.7 Å². The zero-order chi connectivity index (χ0) is 38.3. The maximum atomic E-state index is 14.3. The molecule has 1 aromatic carbocycles. The van der Waals surface area contributed by atoms with Gasteiger partial charge in [-0.3, -0.25) is 28.9 Å². The Labute approximate surface area is 313 Å². The van der Waals surface area contributed by atoms with Gasteiger partial charge < -0.3 is 19.7 Å². The summed E-state index contributed by atoms with van der Waals surface area (Å²) in [7, 11) is 5.14. The SMILES string of the molecule is CC[C@H](C)[C@H](CC(=O)C12CC(CN1C)C2)C(=O)N(C)[C@H](C[C@@H](OC(C)=O)c1nc(C(=O)N[C@@H](Cc2ccccc2)C[C@H](C)C(=O)OC)cs1)C(C)C. The Balaban J connectivity index is 1.51. The standard InChI is InChI=1S/C40H58N4O7S/c1-10-25(4)31(18-35(46)40-20-29(21-40)22-43(40)7)38(48)44(8)33(24(2)3)19-34(51-27(6)45)37-42-32(23-52-37)36(47)41-30(16-26(5)39(49)50-9)17-28-14-12-11-13-15-28/h11-15,23-26,29-31,33-34H,10,16-22H2,1-9H3,(H,41,47)/t25-,26-,29?,30+,31-,33+,34+,40?/m0/s1. The maximum Gasteiger partial charge on any atom is 0.308 e. The first-order valence-electron chi connectivity index (χ1n) is 18.7. The quantitative estimate of drug-likeness (QED) is 0.176. The lowest BCUT2D eigenvalue weighted by molar-refractivity contribution is -0.150.